The molecule has 0 aromatic carbocycles. The first-order valence-corrected chi connectivity index (χ1v) is 4.62. The number of fused-ring (bicyclic) bond motifs is 1. The molecular weight excluding hydrogens is 120 g/mol. The Bertz CT molecular complexity index is 119. The zero-order valence-electron chi connectivity index (χ0n) is 6.55. The summed E-state index contributed by atoms with van der Waals surface area (Å²) in [5.74, 6) is 2.14. The van der Waals surface area contributed by atoms with Gasteiger partial charge >= 0.3 is 0 Å². The summed E-state index contributed by atoms with van der Waals surface area (Å²) in [6, 6.07) is 0. The zero-order valence-corrected chi connectivity index (χ0v) is 6.55. The molecule has 2 rings (SSSR count). The Morgan fingerprint density at radius 1 is 0.800 bits per heavy atom. The van der Waals surface area contributed by atoms with Crippen LogP contribution in [0, 0.1) is 11.8 Å². The molecule has 2 aliphatic rings. The third kappa shape index (κ3) is 1.12. The maximum Gasteiger partial charge on any atom is -0.0319 e. The molecule has 0 heteroatoms. The summed E-state index contributed by atoms with van der Waals surface area (Å²) in [6.07, 6.45) is 13.5. The number of rotatable bonds is 0. The molecule has 0 N–H and O–H groups in total. The van der Waals surface area contributed by atoms with Crippen LogP contribution in [0.1, 0.15) is 38.5 Å². The molecule has 10 heavy (non-hydrogen) atoms. The van der Waals surface area contributed by atoms with Crippen LogP contribution in [0.3, 0.4) is 0 Å². The van der Waals surface area contributed by atoms with Crippen LogP contribution in [0.2, 0.25) is 0 Å². The van der Waals surface area contributed by atoms with E-state index in [0.717, 1.165) is 11.8 Å². The number of hydrogen-bond donors (Lipinski definition) is 0. The van der Waals surface area contributed by atoms with E-state index in [1.165, 1.54) is 38.5 Å². The molecule has 0 amide bonds. The molecule has 0 unspecified atom stereocenters. The van der Waals surface area contributed by atoms with E-state index in [2.05, 4.69) is 12.2 Å². The summed E-state index contributed by atoms with van der Waals surface area (Å²) >= 11 is 0. The molecule has 0 nitrogen and oxygen atoms in total. The fraction of sp³-hybridized carbons (Fsp3) is 0.800. The van der Waals surface area contributed by atoms with E-state index >= 15 is 0 Å². The molecule has 1 saturated carbocycles. The Balaban J connectivity index is 2.01. The van der Waals surface area contributed by atoms with Crippen molar-refractivity contribution < 1.29 is 0 Å². The topological polar surface area (TPSA) is 0 Å². The second-order valence-electron chi connectivity index (χ2n) is 3.75. The monoisotopic (exact) mass is 136 g/mol. The standard InChI is InChI=1S/C10H16/c1-2-6-10-8-4-3-7-9(10)5-1/h1-2,9-10H,3-8H2/t9-,10-/m0/s1. The first-order chi connectivity index (χ1) is 4.97. The molecule has 1 fully saturated rings. The molecule has 0 aliphatic heterocycles. The SMILES string of the molecule is C1=CC[C@H]2CCCC[C@@H]2C1. The van der Waals surface area contributed by atoms with Crippen molar-refractivity contribution in [3.63, 3.8) is 0 Å². The molecule has 0 radical (unpaired) electrons. The predicted octanol–water partition coefficient (Wildman–Crippen LogP) is 3.14. The molecule has 2 atom stereocenters. The summed E-state index contributed by atoms with van der Waals surface area (Å²) in [5, 5.41) is 0. The van der Waals surface area contributed by atoms with Gasteiger partial charge in [-0.1, -0.05) is 25.0 Å². The van der Waals surface area contributed by atoms with E-state index < -0.39 is 0 Å². The first-order valence-electron chi connectivity index (χ1n) is 4.62. The molecular formula is C10H16. The Hall–Kier alpha value is -0.260. The van der Waals surface area contributed by atoms with Crippen molar-refractivity contribution in [3.05, 3.63) is 12.2 Å². The predicted molar refractivity (Wildman–Crippen MR) is 43.8 cm³/mol. The van der Waals surface area contributed by atoms with E-state index in [9.17, 15) is 0 Å². The van der Waals surface area contributed by atoms with Gasteiger partial charge in [-0.2, -0.15) is 0 Å². The van der Waals surface area contributed by atoms with Gasteiger partial charge in [0.2, 0.25) is 0 Å². The molecule has 0 aromatic heterocycles. The van der Waals surface area contributed by atoms with Crippen molar-refractivity contribution in [3.8, 4) is 0 Å². The van der Waals surface area contributed by atoms with Gasteiger partial charge < -0.3 is 0 Å². The summed E-state index contributed by atoms with van der Waals surface area (Å²) < 4.78 is 0. The minimum atomic E-state index is 1.07. The lowest BCUT2D eigenvalue weighted by molar-refractivity contribution is 0.231. The lowest BCUT2D eigenvalue weighted by Gasteiger charge is -2.32. The summed E-state index contributed by atoms with van der Waals surface area (Å²) in [5.41, 5.74) is 0. The van der Waals surface area contributed by atoms with Gasteiger partial charge in [0.25, 0.3) is 0 Å². The van der Waals surface area contributed by atoms with Gasteiger partial charge in [-0.05, 0) is 37.5 Å². The average molecular weight is 136 g/mol. The highest BCUT2D eigenvalue weighted by atomic mass is 14.3. The molecule has 0 heterocycles. The van der Waals surface area contributed by atoms with Gasteiger partial charge in [0.15, 0.2) is 0 Å². The third-order valence-corrected chi connectivity index (χ3v) is 3.11. The first kappa shape index (κ1) is 6.45. The zero-order chi connectivity index (χ0) is 6.81. The third-order valence-electron chi connectivity index (χ3n) is 3.11. The quantitative estimate of drug-likeness (QED) is 0.449. The van der Waals surface area contributed by atoms with Crippen LogP contribution in [0.5, 0.6) is 0 Å². The largest absolute Gasteiger partial charge is 0.0882 e. The fourth-order valence-electron chi connectivity index (χ4n) is 2.45. The Morgan fingerprint density at radius 3 is 1.80 bits per heavy atom. The van der Waals surface area contributed by atoms with Crippen LogP contribution in [0.25, 0.3) is 0 Å². The van der Waals surface area contributed by atoms with E-state index in [1.54, 1.807) is 0 Å². The highest BCUT2D eigenvalue weighted by Crippen LogP contribution is 2.37. The van der Waals surface area contributed by atoms with Crippen molar-refractivity contribution in [1.29, 1.82) is 0 Å². The molecule has 0 bridgehead atoms. The van der Waals surface area contributed by atoms with Crippen molar-refractivity contribution in [2.75, 3.05) is 0 Å². The highest BCUT2D eigenvalue weighted by molar-refractivity contribution is 4.95. The van der Waals surface area contributed by atoms with Gasteiger partial charge in [0.1, 0.15) is 0 Å². The van der Waals surface area contributed by atoms with E-state index in [-0.39, 0.29) is 0 Å². The van der Waals surface area contributed by atoms with Crippen LogP contribution >= 0.6 is 0 Å². The van der Waals surface area contributed by atoms with Crippen molar-refractivity contribution in [2.24, 2.45) is 11.8 Å². The van der Waals surface area contributed by atoms with Gasteiger partial charge in [0, 0.05) is 0 Å². The minimum absolute atomic E-state index is 1.07. The normalized spacial score (nSPS) is 39.2. The van der Waals surface area contributed by atoms with Gasteiger partial charge in [-0.15, -0.1) is 0 Å². The fourth-order valence-corrected chi connectivity index (χ4v) is 2.45. The van der Waals surface area contributed by atoms with E-state index in [1.807, 2.05) is 0 Å². The molecule has 0 aromatic rings. The summed E-state index contributed by atoms with van der Waals surface area (Å²) in [7, 11) is 0. The molecule has 0 spiro atoms. The smallest absolute Gasteiger partial charge is 0.0319 e. The van der Waals surface area contributed by atoms with E-state index in [4.69, 9.17) is 0 Å². The summed E-state index contributed by atoms with van der Waals surface area (Å²) in [6.45, 7) is 0. The average Bonchev–Trinajstić information content (AvgIpc) is 2.05. The van der Waals surface area contributed by atoms with Crippen LogP contribution < -0.4 is 0 Å². The Labute approximate surface area is 63.3 Å². The van der Waals surface area contributed by atoms with Gasteiger partial charge in [0.05, 0.1) is 0 Å². The second kappa shape index (κ2) is 2.77. The van der Waals surface area contributed by atoms with Crippen LogP contribution in [0.4, 0.5) is 0 Å². The Morgan fingerprint density at radius 2 is 1.30 bits per heavy atom. The lowest BCUT2D eigenvalue weighted by atomic mass is 9.73. The van der Waals surface area contributed by atoms with Crippen LogP contribution in [0.15, 0.2) is 12.2 Å². The second-order valence-corrected chi connectivity index (χ2v) is 3.75. The molecule has 2 aliphatic carbocycles. The molecule has 56 valence electrons. The molecule has 0 saturated heterocycles. The highest BCUT2D eigenvalue weighted by Gasteiger charge is 2.24. The van der Waals surface area contributed by atoms with Crippen molar-refractivity contribution in [1.82, 2.24) is 0 Å². The van der Waals surface area contributed by atoms with E-state index in [0.29, 0.717) is 0 Å². The maximum absolute atomic E-state index is 2.38. The van der Waals surface area contributed by atoms with Crippen LogP contribution in [-0.2, 0) is 0 Å². The van der Waals surface area contributed by atoms with Crippen molar-refractivity contribution >= 4 is 0 Å². The number of hydrogen-bond acceptors (Lipinski definition) is 0. The van der Waals surface area contributed by atoms with Gasteiger partial charge in [-0.3, -0.25) is 0 Å². The maximum atomic E-state index is 2.38. The lowest BCUT2D eigenvalue weighted by Crippen LogP contribution is -2.20. The minimum Gasteiger partial charge on any atom is -0.0882 e. The number of allylic oxidation sites excluding steroid dienone is 2. The van der Waals surface area contributed by atoms with Crippen molar-refractivity contribution in [2.45, 2.75) is 38.5 Å². The summed E-state index contributed by atoms with van der Waals surface area (Å²) in [4.78, 5) is 0. The Kier molecular flexibility index (Phi) is 1.79. The van der Waals surface area contributed by atoms with Crippen LogP contribution in [-0.4, -0.2) is 0 Å². The van der Waals surface area contributed by atoms with Gasteiger partial charge in [-0.25, -0.2) is 0 Å².